The Morgan fingerprint density at radius 2 is 1.96 bits per heavy atom. The van der Waals surface area contributed by atoms with Gasteiger partial charge in [-0.25, -0.2) is 8.42 Å². The third-order valence-corrected chi connectivity index (χ3v) is 6.94. The fourth-order valence-electron chi connectivity index (χ4n) is 3.27. The average Bonchev–Trinajstić information content (AvgIpc) is 3.15. The fraction of sp³-hybridized carbons (Fsp3) is 0.588. The van der Waals surface area contributed by atoms with E-state index in [1.54, 1.807) is 18.2 Å². The Morgan fingerprint density at radius 1 is 1.24 bits per heavy atom. The number of amides is 1. The molecule has 1 aromatic rings. The molecule has 25 heavy (non-hydrogen) atoms. The highest BCUT2D eigenvalue weighted by molar-refractivity contribution is 7.89. The van der Waals surface area contributed by atoms with Crippen molar-refractivity contribution in [2.75, 3.05) is 46.3 Å². The van der Waals surface area contributed by atoms with Gasteiger partial charge >= 0.3 is 0 Å². The first-order valence-electron chi connectivity index (χ1n) is 8.73. The van der Waals surface area contributed by atoms with Crippen LogP contribution in [0.25, 0.3) is 0 Å². The molecule has 1 amide bonds. The first-order valence-corrected chi connectivity index (χ1v) is 10.2. The Bertz CT molecular complexity index is 708. The van der Waals surface area contributed by atoms with Gasteiger partial charge in [0.05, 0.1) is 10.8 Å². The van der Waals surface area contributed by atoms with Gasteiger partial charge in [0.2, 0.25) is 15.9 Å². The Labute approximate surface area is 149 Å². The van der Waals surface area contributed by atoms with Crippen LogP contribution in [-0.2, 0) is 21.4 Å². The predicted octanol–water partition coefficient (Wildman–Crippen LogP) is -0.152. The summed E-state index contributed by atoms with van der Waals surface area (Å²) in [5.41, 5.74) is 0.640. The van der Waals surface area contributed by atoms with Crippen molar-refractivity contribution in [2.45, 2.75) is 17.9 Å². The summed E-state index contributed by atoms with van der Waals surface area (Å²) in [6.07, 6.45) is 0.826. The van der Waals surface area contributed by atoms with Crippen LogP contribution in [0.4, 0.5) is 0 Å². The van der Waals surface area contributed by atoms with E-state index in [9.17, 15) is 13.2 Å². The smallest absolute Gasteiger partial charge is 0.243 e. The molecule has 0 saturated carbocycles. The van der Waals surface area contributed by atoms with Gasteiger partial charge in [-0.3, -0.25) is 4.79 Å². The summed E-state index contributed by atoms with van der Waals surface area (Å²) in [5.74, 6) is -0.0433. The second-order valence-corrected chi connectivity index (χ2v) is 8.63. The quantitative estimate of drug-likeness (QED) is 0.757. The van der Waals surface area contributed by atoms with Crippen LogP contribution < -0.4 is 10.6 Å². The SMILES string of the molecule is CN1CCN(S(=O)(=O)c2ccccc2CNC(=O)C2CCNC2)CC1. The third kappa shape index (κ3) is 4.20. The molecule has 2 N–H and O–H groups in total. The van der Waals surface area contributed by atoms with E-state index in [-0.39, 0.29) is 18.4 Å². The predicted molar refractivity (Wildman–Crippen MR) is 95.5 cm³/mol. The van der Waals surface area contributed by atoms with Crippen LogP contribution in [0.15, 0.2) is 29.2 Å². The maximum absolute atomic E-state index is 13.0. The second kappa shape index (κ2) is 7.82. The van der Waals surface area contributed by atoms with Crippen molar-refractivity contribution < 1.29 is 13.2 Å². The molecule has 7 nitrogen and oxygen atoms in total. The van der Waals surface area contributed by atoms with Crippen LogP contribution in [0, 0.1) is 5.92 Å². The Morgan fingerprint density at radius 3 is 2.64 bits per heavy atom. The largest absolute Gasteiger partial charge is 0.352 e. The van der Waals surface area contributed by atoms with Crippen molar-refractivity contribution in [3.63, 3.8) is 0 Å². The van der Waals surface area contributed by atoms with E-state index >= 15 is 0 Å². The standard InChI is InChI=1S/C17H26N4O3S/c1-20-8-10-21(11-9-20)25(23,24)16-5-3-2-4-14(16)13-19-17(22)15-6-7-18-12-15/h2-5,15,18H,6-13H2,1H3,(H,19,22). The molecule has 1 aromatic carbocycles. The van der Waals surface area contributed by atoms with Gasteiger partial charge in [0.1, 0.15) is 0 Å². The Balaban J connectivity index is 1.72. The van der Waals surface area contributed by atoms with Crippen molar-refractivity contribution in [2.24, 2.45) is 5.92 Å². The summed E-state index contributed by atoms with van der Waals surface area (Å²) in [5, 5.41) is 6.06. The Kier molecular flexibility index (Phi) is 5.73. The van der Waals surface area contributed by atoms with Gasteiger partial charge in [0.15, 0.2) is 0 Å². The first kappa shape index (κ1) is 18.3. The van der Waals surface area contributed by atoms with Crippen molar-refractivity contribution in [3.8, 4) is 0 Å². The lowest BCUT2D eigenvalue weighted by molar-refractivity contribution is -0.124. The van der Waals surface area contributed by atoms with Crippen LogP contribution in [0.3, 0.4) is 0 Å². The zero-order chi connectivity index (χ0) is 17.9. The number of hydrogen-bond acceptors (Lipinski definition) is 5. The van der Waals surface area contributed by atoms with E-state index in [2.05, 4.69) is 15.5 Å². The molecule has 2 aliphatic heterocycles. The number of benzene rings is 1. The van der Waals surface area contributed by atoms with Crippen molar-refractivity contribution in [3.05, 3.63) is 29.8 Å². The highest BCUT2D eigenvalue weighted by Crippen LogP contribution is 2.21. The molecule has 2 heterocycles. The number of sulfonamides is 1. The minimum absolute atomic E-state index is 0.0169. The molecule has 2 saturated heterocycles. The van der Waals surface area contributed by atoms with Gasteiger partial charge in [-0.15, -0.1) is 0 Å². The van der Waals surface area contributed by atoms with Crippen LogP contribution >= 0.6 is 0 Å². The molecule has 1 unspecified atom stereocenters. The molecule has 0 aliphatic carbocycles. The highest BCUT2D eigenvalue weighted by atomic mass is 32.2. The first-order chi connectivity index (χ1) is 12.0. The number of nitrogens with zero attached hydrogens (tertiary/aromatic N) is 2. The molecular formula is C17H26N4O3S. The van der Waals surface area contributed by atoms with Gasteiger partial charge in [-0.05, 0) is 31.6 Å². The maximum Gasteiger partial charge on any atom is 0.243 e. The molecular weight excluding hydrogens is 340 g/mol. The molecule has 0 spiro atoms. The molecule has 2 fully saturated rings. The summed E-state index contributed by atoms with van der Waals surface area (Å²) in [4.78, 5) is 14.6. The highest BCUT2D eigenvalue weighted by Gasteiger charge is 2.29. The maximum atomic E-state index is 13.0. The number of nitrogens with one attached hydrogen (secondary N) is 2. The number of piperazine rings is 1. The number of carbonyl (C=O) groups excluding carboxylic acids is 1. The van der Waals surface area contributed by atoms with Gasteiger partial charge < -0.3 is 15.5 Å². The minimum Gasteiger partial charge on any atom is -0.352 e. The van der Waals surface area contributed by atoms with Crippen molar-refractivity contribution in [1.82, 2.24) is 19.8 Å². The molecule has 3 rings (SSSR count). The van der Waals surface area contributed by atoms with E-state index in [0.29, 0.717) is 30.1 Å². The minimum atomic E-state index is -3.54. The van der Waals surface area contributed by atoms with Crippen LogP contribution in [0.2, 0.25) is 0 Å². The second-order valence-electron chi connectivity index (χ2n) is 6.72. The Hall–Kier alpha value is -1.48. The van der Waals surface area contributed by atoms with E-state index in [1.807, 2.05) is 13.1 Å². The molecule has 2 aliphatic rings. The zero-order valence-electron chi connectivity index (χ0n) is 14.6. The van der Waals surface area contributed by atoms with E-state index < -0.39 is 10.0 Å². The lowest BCUT2D eigenvalue weighted by Gasteiger charge is -2.32. The van der Waals surface area contributed by atoms with Gasteiger partial charge in [0.25, 0.3) is 0 Å². The summed E-state index contributed by atoms with van der Waals surface area (Å²) in [6, 6.07) is 6.94. The third-order valence-electron chi connectivity index (χ3n) is 4.94. The molecule has 0 bridgehead atoms. The summed E-state index contributed by atoms with van der Waals surface area (Å²) in [7, 11) is -1.55. The molecule has 0 radical (unpaired) electrons. The van der Waals surface area contributed by atoms with Crippen molar-refractivity contribution in [1.29, 1.82) is 0 Å². The molecule has 0 aromatic heterocycles. The fourth-order valence-corrected chi connectivity index (χ4v) is 4.92. The molecule has 138 valence electrons. The van der Waals surface area contributed by atoms with Crippen LogP contribution in [0.5, 0.6) is 0 Å². The number of likely N-dealkylation sites (N-methyl/N-ethyl adjacent to an activating group) is 1. The van der Waals surface area contributed by atoms with Crippen LogP contribution in [-0.4, -0.2) is 69.8 Å². The topological polar surface area (TPSA) is 81.8 Å². The van der Waals surface area contributed by atoms with E-state index in [0.717, 1.165) is 26.1 Å². The summed E-state index contributed by atoms with van der Waals surface area (Å²) >= 11 is 0. The van der Waals surface area contributed by atoms with E-state index in [4.69, 9.17) is 0 Å². The van der Waals surface area contributed by atoms with Gasteiger partial charge in [-0.2, -0.15) is 4.31 Å². The number of hydrogen-bond donors (Lipinski definition) is 2. The van der Waals surface area contributed by atoms with E-state index in [1.165, 1.54) is 4.31 Å². The van der Waals surface area contributed by atoms with Crippen LogP contribution in [0.1, 0.15) is 12.0 Å². The average molecular weight is 366 g/mol. The number of carbonyl (C=O) groups is 1. The molecule has 8 heteroatoms. The summed E-state index contributed by atoms with van der Waals surface area (Å²) < 4.78 is 27.5. The number of rotatable bonds is 5. The van der Waals surface area contributed by atoms with Gasteiger partial charge in [-0.1, -0.05) is 18.2 Å². The lowest BCUT2D eigenvalue weighted by atomic mass is 10.1. The lowest BCUT2D eigenvalue weighted by Crippen LogP contribution is -2.47. The van der Waals surface area contributed by atoms with Gasteiger partial charge in [0, 0.05) is 39.3 Å². The summed E-state index contributed by atoms with van der Waals surface area (Å²) in [6.45, 7) is 4.22. The normalized spacial score (nSPS) is 22.8. The molecule has 1 atom stereocenters. The zero-order valence-corrected chi connectivity index (χ0v) is 15.4. The monoisotopic (exact) mass is 366 g/mol. The van der Waals surface area contributed by atoms with Crippen molar-refractivity contribution >= 4 is 15.9 Å².